The summed E-state index contributed by atoms with van der Waals surface area (Å²) in [6.45, 7) is 3.67. The average Bonchev–Trinajstić information content (AvgIpc) is 2.67. The van der Waals surface area contributed by atoms with Crippen molar-refractivity contribution in [2.24, 2.45) is 0 Å². The summed E-state index contributed by atoms with van der Waals surface area (Å²) in [5, 5.41) is 3.33. The summed E-state index contributed by atoms with van der Waals surface area (Å²) in [6.07, 6.45) is -0.703. The molecule has 0 spiro atoms. The lowest BCUT2D eigenvalue weighted by Crippen LogP contribution is -2.14. The number of hydrogen-bond donors (Lipinski definition) is 1. The number of aryl methyl sites for hydroxylation is 1. The van der Waals surface area contributed by atoms with E-state index in [0.29, 0.717) is 10.2 Å². The number of nitrogens with zero attached hydrogens (tertiary/aromatic N) is 1. The van der Waals surface area contributed by atoms with E-state index in [2.05, 4.69) is 10.3 Å². The van der Waals surface area contributed by atoms with Gasteiger partial charge in [-0.1, -0.05) is 11.6 Å². The van der Waals surface area contributed by atoms with E-state index in [1.807, 2.05) is 0 Å². The minimum absolute atomic E-state index is 0.0541. The van der Waals surface area contributed by atoms with Crippen molar-refractivity contribution in [3.63, 3.8) is 0 Å². The molecule has 0 saturated carbocycles. The molecule has 0 aliphatic carbocycles. The number of aromatic nitrogens is 1. The molecule has 0 aliphatic heterocycles. The largest absolute Gasteiger partial charge is 0.450 e. The Morgan fingerprint density at radius 1 is 1.67 bits per heavy atom. The maximum Gasteiger partial charge on any atom is 0.411 e. The van der Waals surface area contributed by atoms with Crippen molar-refractivity contribution in [3.05, 3.63) is 21.9 Å². The van der Waals surface area contributed by atoms with Gasteiger partial charge in [-0.25, -0.2) is 14.2 Å². The predicted octanol–water partition coefficient (Wildman–Crippen LogP) is 3.97. The zero-order valence-corrected chi connectivity index (χ0v) is 11.3. The molecule has 0 saturated heterocycles. The van der Waals surface area contributed by atoms with Crippen LogP contribution in [0.15, 0.2) is 6.07 Å². The highest BCUT2D eigenvalue weighted by Crippen LogP contribution is 2.36. The van der Waals surface area contributed by atoms with Gasteiger partial charge >= 0.3 is 6.09 Å². The standard InChI is InChI=1S/C11H10ClFN2O2S/c1-3-17-11(16)15-9-7(13)4-6(12)8-10(9)18-5(2)14-8/h4H,3H2,1-2H3,(H,15,16). The molecule has 4 nitrogen and oxygen atoms in total. The second-order valence-corrected chi connectivity index (χ2v) is 5.08. The summed E-state index contributed by atoms with van der Waals surface area (Å²) in [4.78, 5) is 15.5. The lowest BCUT2D eigenvalue weighted by molar-refractivity contribution is 0.168. The predicted molar refractivity (Wildman–Crippen MR) is 70.0 cm³/mol. The fourth-order valence-electron chi connectivity index (χ4n) is 1.50. The molecule has 0 atom stereocenters. The van der Waals surface area contributed by atoms with E-state index in [1.54, 1.807) is 13.8 Å². The van der Waals surface area contributed by atoms with E-state index in [0.717, 1.165) is 11.1 Å². The first-order valence-corrected chi connectivity index (χ1v) is 6.41. The van der Waals surface area contributed by atoms with Gasteiger partial charge in [0.2, 0.25) is 0 Å². The summed E-state index contributed by atoms with van der Waals surface area (Å²) in [6, 6.07) is 1.13. The number of thiazole rings is 1. The SMILES string of the molecule is CCOC(=O)Nc1c(F)cc(Cl)c2nc(C)sc12. The molecule has 0 fully saturated rings. The van der Waals surface area contributed by atoms with Crippen molar-refractivity contribution in [2.45, 2.75) is 13.8 Å². The Morgan fingerprint density at radius 2 is 2.39 bits per heavy atom. The third-order valence-corrected chi connectivity index (χ3v) is 3.46. The van der Waals surface area contributed by atoms with Gasteiger partial charge in [0, 0.05) is 0 Å². The summed E-state index contributed by atoms with van der Waals surface area (Å²) in [5.41, 5.74) is 0.533. The first-order chi connectivity index (χ1) is 8.52. The second kappa shape index (κ2) is 5.07. The van der Waals surface area contributed by atoms with Crippen LogP contribution in [-0.2, 0) is 4.74 Å². The van der Waals surface area contributed by atoms with Gasteiger partial charge in [0.25, 0.3) is 0 Å². The molecule has 1 aromatic carbocycles. The minimum atomic E-state index is -0.703. The fraction of sp³-hybridized carbons (Fsp3) is 0.273. The van der Waals surface area contributed by atoms with Crippen LogP contribution in [0.5, 0.6) is 0 Å². The Morgan fingerprint density at radius 3 is 3.06 bits per heavy atom. The molecule has 1 N–H and O–H groups in total. The number of hydrogen-bond acceptors (Lipinski definition) is 4. The smallest absolute Gasteiger partial charge is 0.411 e. The maximum absolute atomic E-state index is 13.8. The highest BCUT2D eigenvalue weighted by molar-refractivity contribution is 7.19. The number of fused-ring (bicyclic) bond motifs is 1. The topological polar surface area (TPSA) is 51.2 Å². The van der Waals surface area contributed by atoms with E-state index in [-0.39, 0.29) is 17.3 Å². The van der Waals surface area contributed by atoms with Crippen molar-refractivity contribution in [3.8, 4) is 0 Å². The summed E-state index contributed by atoms with van der Waals surface area (Å²) in [7, 11) is 0. The Hall–Kier alpha value is -1.40. The van der Waals surface area contributed by atoms with Crippen molar-refractivity contribution in [2.75, 3.05) is 11.9 Å². The molecule has 1 amide bonds. The highest BCUT2D eigenvalue weighted by atomic mass is 35.5. The molecule has 96 valence electrons. The normalized spacial score (nSPS) is 10.7. The number of amides is 1. The summed E-state index contributed by atoms with van der Waals surface area (Å²) >= 11 is 7.17. The van der Waals surface area contributed by atoms with Crippen molar-refractivity contribution >= 4 is 44.9 Å². The molecule has 7 heteroatoms. The zero-order valence-electron chi connectivity index (χ0n) is 9.71. The molecule has 0 unspecified atom stereocenters. The monoisotopic (exact) mass is 288 g/mol. The van der Waals surface area contributed by atoms with Gasteiger partial charge in [-0.2, -0.15) is 0 Å². The molecular weight excluding hydrogens is 279 g/mol. The van der Waals surface area contributed by atoms with Crippen molar-refractivity contribution < 1.29 is 13.9 Å². The van der Waals surface area contributed by atoms with E-state index in [1.165, 1.54) is 11.3 Å². The number of ether oxygens (including phenoxy) is 1. The van der Waals surface area contributed by atoms with Crippen LogP contribution >= 0.6 is 22.9 Å². The van der Waals surface area contributed by atoms with E-state index in [9.17, 15) is 9.18 Å². The van der Waals surface area contributed by atoms with Crippen LogP contribution < -0.4 is 5.32 Å². The van der Waals surface area contributed by atoms with Crippen LogP contribution in [0, 0.1) is 12.7 Å². The van der Waals surface area contributed by atoms with Gasteiger partial charge in [0.1, 0.15) is 11.3 Å². The molecule has 0 radical (unpaired) electrons. The zero-order chi connectivity index (χ0) is 13.3. The maximum atomic E-state index is 13.8. The van der Waals surface area contributed by atoms with Crippen LogP contribution in [0.25, 0.3) is 10.2 Å². The Bertz CT molecular complexity index is 615. The molecule has 2 aromatic rings. The molecule has 1 heterocycles. The van der Waals surface area contributed by atoms with Crippen LogP contribution in [0.3, 0.4) is 0 Å². The molecule has 0 bridgehead atoms. The van der Waals surface area contributed by atoms with Crippen LogP contribution in [0.4, 0.5) is 14.9 Å². The molecule has 1 aromatic heterocycles. The number of halogens is 2. The molecule has 18 heavy (non-hydrogen) atoms. The van der Waals surface area contributed by atoms with Crippen LogP contribution in [0.1, 0.15) is 11.9 Å². The van der Waals surface area contributed by atoms with Gasteiger partial charge in [-0.05, 0) is 19.9 Å². The number of carbonyl (C=O) groups excluding carboxylic acids is 1. The number of nitrogens with one attached hydrogen (secondary N) is 1. The van der Waals surface area contributed by atoms with Gasteiger partial charge in [0.15, 0.2) is 0 Å². The van der Waals surface area contributed by atoms with Crippen LogP contribution in [-0.4, -0.2) is 17.7 Å². The lowest BCUT2D eigenvalue weighted by atomic mass is 10.3. The summed E-state index contributed by atoms with van der Waals surface area (Å²) in [5.74, 6) is -0.607. The van der Waals surface area contributed by atoms with Gasteiger partial charge in [0.05, 0.1) is 27.0 Å². The first kappa shape index (κ1) is 13.0. The van der Waals surface area contributed by atoms with Gasteiger partial charge < -0.3 is 4.74 Å². The Balaban J connectivity index is 2.52. The van der Waals surface area contributed by atoms with Crippen molar-refractivity contribution in [1.82, 2.24) is 4.98 Å². The van der Waals surface area contributed by atoms with Crippen LogP contribution in [0.2, 0.25) is 5.02 Å². The Labute approximate surface area is 112 Å². The minimum Gasteiger partial charge on any atom is -0.450 e. The fourth-order valence-corrected chi connectivity index (χ4v) is 2.73. The molecular formula is C11H10ClFN2O2S. The molecule has 0 aliphatic rings. The van der Waals surface area contributed by atoms with Gasteiger partial charge in [-0.3, -0.25) is 5.32 Å². The number of benzene rings is 1. The molecule has 2 rings (SSSR count). The Kier molecular flexibility index (Phi) is 3.68. The second-order valence-electron chi connectivity index (χ2n) is 3.47. The average molecular weight is 289 g/mol. The summed E-state index contributed by atoms with van der Waals surface area (Å²) < 4.78 is 19.0. The van der Waals surface area contributed by atoms with Gasteiger partial charge in [-0.15, -0.1) is 11.3 Å². The number of carbonyl (C=O) groups is 1. The third kappa shape index (κ3) is 2.39. The van der Waals surface area contributed by atoms with Crippen molar-refractivity contribution in [1.29, 1.82) is 0 Å². The number of rotatable bonds is 2. The van der Waals surface area contributed by atoms with E-state index >= 15 is 0 Å². The highest BCUT2D eigenvalue weighted by Gasteiger charge is 2.17. The number of anilines is 1. The van der Waals surface area contributed by atoms with E-state index in [4.69, 9.17) is 16.3 Å². The first-order valence-electron chi connectivity index (χ1n) is 5.21. The lowest BCUT2D eigenvalue weighted by Gasteiger charge is -2.07. The quantitative estimate of drug-likeness (QED) is 0.910. The van der Waals surface area contributed by atoms with E-state index < -0.39 is 11.9 Å². The third-order valence-electron chi connectivity index (χ3n) is 2.18.